The molecule has 0 N–H and O–H groups in total. The minimum atomic E-state index is -0.127. The topological polar surface area (TPSA) is 43.8 Å². The SMILES string of the molecule is COC(OC)C1CCN(C2=[C+]C=C(C3=C(c4ccncc4)CCc4cc(OCc5ccccc5)ccc43)C=C2)CC1. The molecule has 1 saturated heterocycles. The van der Waals surface area contributed by atoms with Crippen LogP contribution >= 0.6 is 0 Å². The van der Waals surface area contributed by atoms with E-state index in [0.29, 0.717) is 12.5 Å². The first-order chi connectivity index (χ1) is 20.2. The number of aryl methyl sites for hydroxylation is 1. The van der Waals surface area contributed by atoms with Crippen molar-refractivity contribution in [2.75, 3.05) is 27.3 Å². The molecular weight excluding hydrogens is 508 g/mol. The number of likely N-dealkylation sites (tertiary alicyclic amines) is 1. The zero-order valence-electron chi connectivity index (χ0n) is 23.9. The number of rotatable bonds is 9. The van der Waals surface area contributed by atoms with Gasteiger partial charge in [0.15, 0.2) is 6.29 Å². The standard InChI is InChI=1S/C36H37N2O3/c1-39-36(40-2)29-18-22-38(23-19-29)31-11-8-28(9-12-31)35-33(27-16-20-37-21-17-27)14-10-30-24-32(13-15-34(30)35)41-25-26-6-4-3-5-7-26/h3-9,11,13,15-17,20-21,24,29,36H,10,14,18-19,22-23,25H2,1-2H3/q+1. The van der Waals surface area contributed by atoms with Crippen molar-refractivity contribution in [1.82, 2.24) is 9.88 Å². The number of piperidine rings is 1. The molecule has 5 heteroatoms. The zero-order valence-corrected chi connectivity index (χ0v) is 23.9. The normalized spacial score (nSPS) is 17.2. The third-order valence-electron chi connectivity index (χ3n) is 8.38. The van der Waals surface area contributed by atoms with Gasteiger partial charge in [0.25, 0.3) is 0 Å². The van der Waals surface area contributed by atoms with Crippen LogP contribution < -0.4 is 4.74 Å². The second-order valence-corrected chi connectivity index (χ2v) is 10.8. The van der Waals surface area contributed by atoms with E-state index in [0.717, 1.165) is 50.2 Å². The van der Waals surface area contributed by atoms with E-state index >= 15 is 0 Å². The van der Waals surface area contributed by atoms with Gasteiger partial charge >= 0.3 is 0 Å². The van der Waals surface area contributed by atoms with Crippen LogP contribution in [0.25, 0.3) is 11.1 Å². The van der Waals surface area contributed by atoms with Gasteiger partial charge < -0.3 is 19.1 Å². The number of fused-ring (bicyclic) bond motifs is 1. The van der Waals surface area contributed by atoms with Crippen LogP contribution in [0.15, 0.2) is 103 Å². The highest BCUT2D eigenvalue weighted by Crippen LogP contribution is 2.43. The lowest BCUT2D eigenvalue weighted by molar-refractivity contribution is -0.145. The lowest BCUT2D eigenvalue weighted by atomic mass is 9.79. The number of methoxy groups -OCH3 is 2. The fourth-order valence-corrected chi connectivity index (χ4v) is 6.23. The molecule has 1 aliphatic heterocycles. The summed E-state index contributed by atoms with van der Waals surface area (Å²) >= 11 is 0. The average molecular weight is 546 g/mol. The lowest BCUT2D eigenvalue weighted by Crippen LogP contribution is -2.38. The summed E-state index contributed by atoms with van der Waals surface area (Å²) in [5, 5.41) is 0. The summed E-state index contributed by atoms with van der Waals surface area (Å²) in [5.74, 6) is 1.34. The Hall–Kier alpha value is -4.02. The third kappa shape index (κ3) is 6.03. The molecule has 0 unspecified atom stereocenters. The Kier molecular flexibility index (Phi) is 8.39. The van der Waals surface area contributed by atoms with Gasteiger partial charge in [-0.1, -0.05) is 30.3 Å². The van der Waals surface area contributed by atoms with Crippen LogP contribution in [0.1, 0.15) is 41.5 Å². The molecule has 2 aliphatic carbocycles. The smallest absolute Gasteiger partial charge is 0.205 e. The minimum absolute atomic E-state index is 0.127. The quantitative estimate of drug-likeness (QED) is 0.213. The van der Waals surface area contributed by atoms with Gasteiger partial charge in [-0.25, -0.2) is 0 Å². The van der Waals surface area contributed by atoms with Crippen LogP contribution in [0.2, 0.25) is 0 Å². The van der Waals surface area contributed by atoms with Crippen molar-refractivity contribution in [3.63, 3.8) is 0 Å². The van der Waals surface area contributed by atoms with E-state index in [4.69, 9.17) is 14.2 Å². The van der Waals surface area contributed by atoms with E-state index in [1.807, 2.05) is 30.6 Å². The molecule has 2 heterocycles. The number of aromatic nitrogens is 1. The average Bonchev–Trinajstić information content (AvgIpc) is 3.05. The van der Waals surface area contributed by atoms with Gasteiger partial charge in [0, 0.05) is 45.6 Å². The summed E-state index contributed by atoms with van der Waals surface area (Å²) in [6.07, 6.45) is 17.9. The number of pyridine rings is 1. The highest BCUT2D eigenvalue weighted by atomic mass is 16.7. The van der Waals surface area contributed by atoms with Crippen molar-refractivity contribution in [3.05, 3.63) is 131 Å². The first-order valence-electron chi connectivity index (χ1n) is 14.5. The van der Waals surface area contributed by atoms with Crippen LogP contribution in [0.4, 0.5) is 0 Å². The van der Waals surface area contributed by atoms with Crippen LogP contribution in [0.5, 0.6) is 5.75 Å². The maximum absolute atomic E-state index is 6.18. The molecule has 3 aromatic rings. The number of ether oxygens (including phenoxy) is 3. The molecule has 1 fully saturated rings. The predicted octanol–water partition coefficient (Wildman–Crippen LogP) is 7.03. The molecule has 5 nitrogen and oxygen atoms in total. The van der Waals surface area contributed by atoms with Gasteiger partial charge in [-0.15, -0.1) is 0 Å². The van der Waals surface area contributed by atoms with E-state index in [-0.39, 0.29) is 6.29 Å². The monoisotopic (exact) mass is 545 g/mol. The van der Waals surface area contributed by atoms with Crippen LogP contribution in [-0.2, 0) is 22.5 Å². The highest BCUT2D eigenvalue weighted by Gasteiger charge is 2.31. The van der Waals surface area contributed by atoms with Gasteiger partial charge in [-0.05, 0) is 83.8 Å². The fraction of sp³-hybridized carbons (Fsp3) is 0.306. The van der Waals surface area contributed by atoms with Gasteiger partial charge in [-0.2, -0.15) is 0 Å². The third-order valence-corrected chi connectivity index (χ3v) is 8.38. The van der Waals surface area contributed by atoms with Gasteiger partial charge in [-0.3, -0.25) is 4.98 Å². The number of benzene rings is 2. The van der Waals surface area contributed by atoms with E-state index < -0.39 is 0 Å². The van der Waals surface area contributed by atoms with Crippen molar-refractivity contribution in [2.45, 2.75) is 38.6 Å². The van der Waals surface area contributed by atoms with E-state index in [1.165, 1.54) is 39.0 Å². The molecule has 2 aromatic carbocycles. The first-order valence-corrected chi connectivity index (χ1v) is 14.5. The van der Waals surface area contributed by atoms with E-state index in [1.54, 1.807) is 14.2 Å². The number of allylic oxidation sites excluding steroid dienone is 7. The van der Waals surface area contributed by atoms with Gasteiger partial charge in [0.1, 0.15) is 18.4 Å². The Labute approximate surface area is 243 Å². The molecule has 41 heavy (non-hydrogen) atoms. The fourth-order valence-electron chi connectivity index (χ4n) is 6.23. The Morgan fingerprint density at radius 3 is 2.41 bits per heavy atom. The maximum atomic E-state index is 6.18. The Balaban J connectivity index is 1.26. The molecule has 0 saturated carbocycles. The zero-order chi connectivity index (χ0) is 28.0. The highest BCUT2D eigenvalue weighted by molar-refractivity contribution is 6.02. The summed E-state index contributed by atoms with van der Waals surface area (Å²) in [6, 6.07) is 21.1. The largest absolute Gasteiger partial charge is 0.489 e. The van der Waals surface area contributed by atoms with E-state index in [9.17, 15) is 0 Å². The van der Waals surface area contributed by atoms with Gasteiger partial charge in [0.2, 0.25) is 5.70 Å². The molecule has 6 rings (SSSR count). The molecule has 1 aromatic heterocycles. The van der Waals surface area contributed by atoms with Crippen molar-refractivity contribution in [3.8, 4) is 5.75 Å². The molecule has 208 valence electrons. The summed E-state index contributed by atoms with van der Waals surface area (Å²) in [6.45, 7) is 2.52. The second kappa shape index (κ2) is 12.7. The van der Waals surface area contributed by atoms with Crippen molar-refractivity contribution in [1.29, 1.82) is 0 Å². The van der Waals surface area contributed by atoms with Crippen molar-refractivity contribution in [2.24, 2.45) is 5.92 Å². The summed E-state index contributed by atoms with van der Waals surface area (Å²) in [4.78, 5) is 6.69. The Morgan fingerprint density at radius 2 is 1.71 bits per heavy atom. The minimum Gasteiger partial charge on any atom is -0.489 e. The molecule has 0 bridgehead atoms. The predicted molar refractivity (Wildman–Crippen MR) is 163 cm³/mol. The molecule has 0 spiro atoms. The Morgan fingerprint density at radius 1 is 0.927 bits per heavy atom. The molecular formula is C36H37N2O3+. The maximum Gasteiger partial charge on any atom is 0.205 e. The molecule has 3 aliphatic rings. The number of nitrogens with zero attached hydrogens (tertiary/aromatic N) is 2. The van der Waals surface area contributed by atoms with Gasteiger partial charge in [0.05, 0.1) is 29.4 Å². The molecule has 0 radical (unpaired) electrons. The number of hydrogen-bond donors (Lipinski definition) is 0. The second-order valence-electron chi connectivity index (χ2n) is 10.8. The Bertz CT molecular complexity index is 1460. The van der Waals surface area contributed by atoms with E-state index in [2.05, 4.69) is 76.7 Å². The first kappa shape index (κ1) is 27.2. The van der Waals surface area contributed by atoms with Crippen molar-refractivity contribution < 1.29 is 14.2 Å². The van der Waals surface area contributed by atoms with Crippen LogP contribution in [0, 0.1) is 12.0 Å². The summed E-state index contributed by atoms with van der Waals surface area (Å²) < 4.78 is 17.2. The number of hydrogen-bond acceptors (Lipinski definition) is 5. The van der Waals surface area contributed by atoms with Crippen LogP contribution in [-0.4, -0.2) is 43.5 Å². The van der Waals surface area contributed by atoms with Crippen molar-refractivity contribution >= 4 is 11.1 Å². The molecule has 0 atom stereocenters. The van der Waals surface area contributed by atoms with Crippen LogP contribution in [0.3, 0.4) is 0 Å². The molecule has 0 amide bonds. The lowest BCUT2D eigenvalue weighted by Gasteiger charge is -2.34. The summed E-state index contributed by atoms with van der Waals surface area (Å²) in [7, 11) is 3.45. The summed E-state index contributed by atoms with van der Waals surface area (Å²) in [5.41, 5.74) is 9.94.